The van der Waals surface area contributed by atoms with Gasteiger partial charge < -0.3 is 14.9 Å². The largest absolute Gasteiger partial charge is 0.339 e. The van der Waals surface area contributed by atoms with Crippen molar-refractivity contribution >= 4 is 43.6 Å². The fourth-order valence-electron chi connectivity index (χ4n) is 6.95. The monoisotopic (exact) mass is 588 g/mol. The lowest BCUT2D eigenvalue weighted by Crippen LogP contribution is -2.26. The summed E-state index contributed by atoms with van der Waals surface area (Å²) in [5.41, 5.74) is 13.3. The number of hydrogen-bond acceptors (Lipinski definition) is 4. The Labute approximate surface area is 261 Å². The minimum absolute atomic E-state index is 0.770. The Kier molecular flexibility index (Phi) is 9.89. The van der Waals surface area contributed by atoms with Crippen LogP contribution in [-0.2, 0) is 26.2 Å². The molecule has 0 fully saturated rings. The highest BCUT2D eigenvalue weighted by Crippen LogP contribution is 2.33. The van der Waals surface area contributed by atoms with Crippen LogP contribution in [0, 0.1) is 0 Å². The van der Waals surface area contributed by atoms with Crippen molar-refractivity contribution in [3.8, 4) is 0 Å². The van der Waals surface area contributed by atoms with Gasteiger partial charge in [0.1, 0.15) is 0 Å². The van der Waals surface area contributed by atoms with Crippen LogP contribution in [0.15, 0.2) is 73.1 Å². The highest BCUT2D eigenvalue weighted by Gasteiger charge is 2.20. The Morgan fingerprint density at radius 2 is 1.09 bits per heavy atom. The average Bonchev–Trinajstić information content (AvgIpc) is 3.56. The fraction of sp³-hybridized carbons (Fsp3) is 0.421. The summed E-state index contributed by atoms with van der Waals surface area (Å²) in [5, 5.41) is 5.26. The van der Waals surface area contributed by atoms with Gasteiger partial charge in [-0.05, 0) is 63.0 Å². The highest BCUT2D eigenvalue weighted by molar-refractivity contribution is 6.09. The van der Waals surface area contributed by atoms with Crippen molar-refractivity contribution < 1.29 is 0 Å². The smallest absolute Gasteiger partial charge is 0.0786 e. The highest BCUT2D eigenvalue weighted by atomic mass is 15.1. The Hall–Kier alpha value is -3.74. The van der Waals surface area contributed by atoms with Crippen molar-refractivity contribution in [2.45, 2.75) is 91.4 Å². The van der Waals surface area contributed by atoms with E-state index in [4.69, 9.17) is 15.7 Å². The Morgan fingerprint density at radius 3 is 1.59 bits per heavy atom. The van der Waals surface area contributed by atoms with Gasteiger partial charge in [0.05, 0.1) is 22.4 Å². The first-order valence-corrected chi connectivity index (χ1v) is 16.9. The van der Waals surface area contributed by atoms with Gasteiger partial charge in [-0.15, -0.1) is 0 Å². The van der Waals surface area contributed by atoms with E-state index in [1.165, 1.54) is 69.3 Å². The van der Waals surface area contributed by atoms with Crippen LogP contribution < -0.4 is 5.73 Å². The molecule has 4 heterocycles. The molecule has 2 N–H and O–H groups in total. The zero-order valence-corrected chi connectivity index (χ0v) is 26.6. The standard InChI is InChI=1S/C38H48N6/c1-3-5-25-43-35-17-11-9-15-29(35)31-19-22-40-33(37(31)43)27-42(24-14-8-7-13-21-39)28-34-38-32(20-23-41-34)30-16-10-12-18-36(30)44(38)26-6-4-2/h9-12,15-20,22-23H,3-8,13-14,21,24-28,39H2,1-2H3. The molecule has 0 saturated heterocycles. The first-order chi connectivity index (χ1) is 21.7. The molecule has 0 radical (unpaired) electrons. The van der Waals surface area contributed by atoms with E-state index in [-0.39, 0.29) is 0 Å². The maximum atomic E-state index is 5.81. The maximum Gasteiger partial charge on any atom is 0.0786 e. The number of benzene rings is 2. The number of rotatable bonds is 16. The first kappa shape index (κ1) is 30.3. The number of nitrogens with two attached hydrogens (primary N) is 1. The topological polar surface area (TPSA) is 64.9 Å². The molecule has 0 atom stereocenters. The quantitative estimate of drug-likeness (QED) is 0.115. The minimum Gasteiger partial charge on any atom is -0.339 e. The summed E-state index contributed by atoms with van der Waals surface area (Å²) in [7, 11) is 0. The molecule has 0 aliphatic heterocycles. The zero-order valence-electron chi connectivity index (χ0n) is 26.6. The molecule has 0 aliphatic rings. The molecule has 0 bridgehead atoms. The lowest BCUT2D eigenvalue weighted by molar-refractivity contribution is 0.246. The van der Waals surface area contributed by atoms with Gasteiger partial charge in [0, 0.05) is 71.2 Å². The molecule has 6 aromatic rings. The molecule has 0 amide bonds. The Balaban J connectivity index is 1.41. The number of unbranched alkanes of at least 4 members (excludes halogenated alkanes) is 5. The van der Waals surface area contributed by atoms with Gasteiger partial charge in [-0.25, -0.2) is 0 Å². The molecule has 0 aliphatic carbocycles. The van der Waals surface area contributed by atoms with Gasteiger partial charge in [-0.2, -0.15) is 0 Å². The van der Waals surface area contributed by atoms with Gasteiger partial charge >= 0.3 is 0 Å². The van der Waals surface area contributed by atoms with Crippen LogP contribution in [-0.4, -0.2) is 37.1 Å². The molecule has 230 valence electrons. The summed E-state index contributed by atoms with van der Waals surface area (Å²) in [6, 6.07) is 22.1. The summed E-state index contributed by atoms with van der Waals surface area (Å²) >= 11 is 0. The van der Waals surface area contributed by atoms with Gasteiger partial charge in [-0.3, -0.25) is 14.9 Å². The van der Waals surface area contributed by atoms with E-state index in [1.807, 2.05) is 12.4 Å². The summed E-state index contributed by atoms with van der Waals surface area (Å²) in [6.07, 6.45) is 13.3. The van der Waals surface area contributed by atoms with E-state index in [0.717, 1.165) is 76.3 Å². The van der Waals surface area contributed by atoms with Crippen molar-refractivity contribution in [1.82, 2.24) is 24.0 Å². The molecule has 2 aromatic carbocycles. The maximum absolute atomic E-state index is 5.81. The lowest BCUT2D eigenvalue weighted by atomic mass is 10.1. The molecular formula is C38H48N6. The van der Waals surface area contributed by atoms with Crippen LogP contribution in [0.4, 0.5) is 0 Å². The Bertz CT molecular complexity index is 1700. The summed E-state index contributed by atoms with van der Waals surface area (Å²) in [4.78, 5) is 12.7. The fourth-order valence-corrected chi connectivity index (χ4v) is 6.95. The van der Waals surface area contributed by atoms with Gasteiger partial charge in [0.25, 0.3) is 0 Å². The number of para-hydroxylation sites is 2. The predicted molar refractivity (Wildman–Crippen MR) is 186 cm³/mol. The van der Waals surface area contributed by atoms with Gasteiger partial charge in [0.15, 0.2) is 0 Å². The SMILES string of the molecule is CCCCn1c2ccccc2c2ccnc(CN(CCCCCCN)Cc3nccc4c5ccccc5n(CCCC)c34)c21. The molecule has 0 spiro atoms. The van der Waals surface area contributed by atoms with Crippen LogP contribution in [0.1, 0.15) is 76.6 Å². The first-order valence-electron chi connectivity index (χ1n) is 16.9. The molecule has 6 nitrogen and oxygen atoms in total. The van der Waals surface area contributed by atoms with E-state index >= 15 is 0 Å². The second kappa shape index (κ2) is 14.4. The van der Waals surface area contributed by atoms with Crippen molar-refractivity contribution in [2.24, 2.45) is 5.73 Å². The molecule has 6 heteroatoms. The van der Waals surface area contributed by atoms with E-state index < -0.39 is 0 Å². The summed E-state index contributed by atoms with van der Waals surface area (Å²) < 4.78 is 5.05. The number of hydrogen-bond donors (Lipinski definition) is 1. The van der Waals surface area contributed by atoms with E-state index in [9.17, 15) is 0 Å². The lowest BCUT2D eigenvalue weighted by Gasteiger charge is -2.23. The van der Waals surface area contributed by atoms with E-state index in [2.05, 4.69) is 88.5 Å². The van der Waals surface area contributed by atoms with Crippen LogP contribution >= 0.6 is 0 Å². The van der Waals surface area contributed by atoms with Crippen molar-refractivity contribution in [3.63, 3.8) is 0 Å². The van der Waals surface area contributed by atoms with Crippen molar-refractivity contribution in [1.29, 1.82) is 0 Å². The average molecular weight is 589 g/mol. The second-order valence-corrected chi connectivity index (χ2v) is 12.3. The summed E-state index contributed by atoms with van der Waals surface area (Å²) in [6.45, 7) is 9.93. The molecule has 6 rings (SSSR count). The second-order valence-electron chi connectivity index (χ2n) is 12.3. The molecule has 44 heavy (non-hydrogen) atoms. The van der Waals surface area contributed by atoms with Crippen LogP contribution in [0.3, 0.4) is 0 Å². The van der Waals surface area contributed by atoms with Crippen LogP contribution in [0.2, 0.25) is 0 Å². The third kappa shape index (κ3) is 6.11. The van der Waals surface area contributed by atoms with Gasteiger partial charge in [-0.1, -0.05) is 75.9 Å². The number of fused-ring (bicyclic) bond motifs is 6. The van der Waals surface area contributed by atoms with E-state index in [1.54, 1.807) is 0 Å². The molecule has 0 unspecified atom stereocenters. The van der Waals surface area contributed by atoms with E-state index in [0.29, 0.717) is 0 Å². The minimum atomic E-state index is 0.770. The number of aryl methyl sites for hydroxylation is 2. The molecule has 0 saturated carbocycles. The number of nitrogens with zero attached hydrogens (tertiary/aromatic N) is 5. The third-order valence-electron chi connectivity index (χ3n) is 9.16. The van der Waals surface area contributed by atoms with Crippen LogP contribution in [0.5, 0.6) is 0 Å². The van der Waals surface area contributed by atoms with Crippen molar-refractivity contribution in [2.75, 3.05) is 13.1 Å². The van der Waals surface area contributed by atoms with Crippen molar-refractivity contribution in [3.05, 3.63) is 84.4 Å². The van der Waals surface area contributed by atoms with Gasteiger partial charge in [0.2, 0.25) is 0 Å². The predicted octanol–water partition coefficient (Wildman–Crippen LogP) is 8.81. The summed E-state index contributed by atoms with van der Waals surface area (Å²) in [5.74, 6) is 0. The number of aromatic nitrogens is 4. The molecule has 4 aromatic heterocycles. The normalized spacial score (nSPS) is 12.1. The van der Waals surface area contributed by atoms with Crippen LogP contribution in [0.25, 0.3) is 43.6 Å². The zero-order chi connectivity index (χ0) is 30.3. The third-order valence-corrected chi connectivity index (χ3v) is 9.16. The molecular weight excluding hydrogens is 540 g/mol. The Morgan fingerprint density at radius 1 is 0.591 bits per heavy atom. The number of pyridine rings is 2.